The molecule has 1 atom stereocenters. The van der Waals surface area contributed by atoms with Crippen molar-refractivity contribution in [1.82, 2.24) is 29.9 Å². The molecule has 2 saturated heterocycles. The van der Waals surface area contributed by atoms with Crippen LogP contribution in [0.3, 0.4) is 0 Å². The molecule has 2 aliphatic rings. The number of nitrogens with zero attached hydrogens (tertiary/aromatic N) is 7. The van der Waals surface area contributed by atoms with Crippen LogP contribution in [0.4, 0.5) is 5.82 Å². The molecule has 10 heteroatoms. The van der Waals surface area contributed by atoms with Gasteiger partial charge in [0.1, 0.15) is 11.9 Å². The maximum atomic E-state index is 5.99. The fourth-order valence-electron chi connectivity index (χ4n) is 4.01. The molecule has 4 rings (SSSR count). The van der Waals surface area contributed by atoms with E-state index in [-0.39, 0.29) is 30.1 Å². The number of nitrogens with one attached hydrogen (secondary N) is 1. The van der Waals surface area contributed by atoms with Crippen LogP contribution in [0.15, 0.2) is 35.7 Å². The van der Waals surface area contributed by atoms with Gasteiger partial charge in [0.15, 0.2) is 5.96 Å². The van der Waals surface area contributed by atoms with Gasteiger partial charge in [0.05, 0.1) is 25.9 Å². The Hall–Kier alpha value is -1.92. The Labute approximate surface area is 207 Å². The summed E-state index contributed by atoms with van der Waals surface area (Å²) in [5.41, 5.74) is 2.28. The third-order valence-electron chi connectivity index (χ3n) is 5.85. The number of morpholine rings is 1. The number of piperazine rings is 1. The number of aromatic nitrogens is 3. The van der Waals surface area contributed by atoms with E-state index in [9.17, 15) is 0 Å². The highest BCUT2D eigenvalue weighted by molar-refractivity contribution is 14.0. The van der Waals surface area contributed by atoms with E-state index in [2.05, 4.69) is 56.2 Å². The maximum absolute atomic E-state index is 5.99. The maximum Gasteiger partial charge on any atom is 0.194 e. The van der Waals surface area contributed by atoms with Crippen LogP contribution in [0.1, 0.15) is 24.2 Å². The topological polar surface area (TPSA) is 74.1 Å². The van der Waals surface area contributed by atoms with E-state index in [0.29, 0.717) is 13.2 Å². The van der Waals surface area contributed by atoms with Crippen LogP contribution in [-0.4, -0.2) is 90.0 Å². The summed E-state index contributed by atoms with van der Waals surface area (Å²) in [6, 6.07) is 4.24. The van der Waals surface area contributed by atoms with Crippen molar-refractivity contribution in [2.24, 2.45) is 12.0 Å². The van der Waals surface area contributed by atoms with Gasteiger partial charge in [-0.2, -0.15) is 5.10 Å². The van der Waals surface area contributed by atoms with E-state index in [4.69, 9.17) is 9.73 Å². The van der Waals surface area contributed by atoms with Crippen molar-refractivity contribution >= 4 is 35.8 Å². The standard InChI is InChI=1S/C22H34N8O.HI/c1-4-23-22(30-11-12-31-20(17-30)19-15-26-28(3)16-19)25-14-18-5-6-24-21(13-18)29-9-7-27(2)8-10-29;/h5-6,13,15-16,20H,4,7-12,14,17H2,1-3H3,(H,23,25);1H. The molecule has 176 valence electrons. The molecule has 0 radical (unpaired) electrons. The van der Waals surface area contributed by atoms with Crippen molar-refractivity contribution < 1.29 is 4.74 Å². The summed E-state index contributed by atoms with van der Waals surface area (Å²) in [6.45, 7) is 10.0. The lowest BCUT2D eigenvalue weighted by molar-refractivity contribution is -0.00805. The smallest absolute Gasteiger partial charge is 0.194 e. The molecule has 0 aromatic carbocycles. The van der Waals surface area contributed by atoms with Crippen molar-refractivity contribution in [2.75, 3.05) is 64.4 Å². The zero-order chi connectivity index (χ0) is 21.6. The molecule has 1 N–H and O–H groups in total. The minimum Gasteiger partial charge on any atom is -0.370 e. The van der Waals surface area contributed by atoms with Crippen LogP contribution in [-0.2, 0) is 18.3 Å². The highest BCUT2D eigenvalue weighted by Crippen LogP contribution is 2.22. The molecule has 9 nitrogen and oxygen atoms in total. The van der Waals surface area contributed by atoms with E-state index >= 15 is 0 Å². The minimum absolute atomic E-state index is 0. The number of pyridine rings is 1. The van der Waals surface area contributed by atoms with Crippen LogP contribution >= 0.6 is 24.0 Å². The molecular weight excluding hydrogens is 519 g/mol. The molecule has 0 saturated carbocycles. The van der Waals surface area contributed by atoms with Crippen LogP contribution in [0.25, 0.3) is 0 Å². The van der Waals surface area contributed by atoms with Gasteiger partial charge in [-0.05, 0) is 31.7 Å². The molecule has 2 fully saturated rings. The Morgan fingerprint density at radius 3 is 2.75 bits per heavy atom. The highest BCUT2D eigenvalue weighted by Gasteiger charge is 2.25. The lowest BCUT2D eigenvalue weighted by Crippen LogP contribution is -2.48. The zero-order valence-electron chi connectivity index (χ0n) is 19.3. The zero-order valence-corrected chi connectivity index (χ0v) is 21.6. The molecule has 2 aliphatic heterocycles. The van der Waals surface area contributed by atoms with Gasteiger partial charge in [0, 0.05) is 64.3 Å². The highest BCUT2D eigenvalue weighted by atomic mass is 127. The minimum atomic E-state index is 0. The summed E-state index contributed by atoms with van der Waals surface area (Å²) in [6.07, 6.45) is 5.82. The second-order valence-corrected chi connectivity index (χ2v) is 8.24. The fraction of sp³-hybridized carbons (Fsp3) is 0.591. The van der Waals surface area contributed by atoms with Crippen LogP contribution in [0.5, 0.6) is 0 Å². The molecule has 0 bridgehead atoms. The lowest BCUT2D eigenvalue weighted by atomic mass is 10.1. The second kappa shape index (κ2) is 11.8. The largest absolute Gasteiger partial charge is 0.370 e. The lowest BCUT2D eigenvalue weighted by Gasteiger charge is -2.35. The van der Waals surface area contributed by atoms with Gasteiger partial charge >= 0.3 is 0 Å². The van der Waals surface area contributed by atoms with E-state index in [1.807, 2.05) is 30.3 Å². The van der Waals surface area contributed by atoms with Gasteiger partial charge in [-0.15, -0.1) is 24.0 Å². The number of aliphatic imine (C=N–C) groups is 1. The third-order valence-corrected chi connectivity index (χ3v) is 5.85. The predicted molar refractivity (Wildman–Crippen MR) is 138 cm³/mol. The molecule has 1 unspecified atom stereocenters. The molecule has 2 aromatic heterocycles. The Balaban J connectivity index is 0.00000289. The summed E-state index contributed by atoms with van der Waals surface area (Å²) in [5, 5.41) is 7.74. The van der Waals surface area contributed by atoms with Crippen molar-refractivity contribution in [2.45, 2.75) is 19.6 Å². The fourth-order valence-corrected chi connectivity index (χ4v) is 4.01. The number of anilines is 1. The van der Waals surface area contributed by atoms with Crippen molar-refractivity contribution in [3.8, 4) is 0 Å². The van der Waals surface area contributed by atoms with Crippen molar-refractivity contribution in [3.63, 3.8) is 0 Å². The monoisotopic (exact) mass is 554 g/mol. The molecule has 4 heterocycles. The van der Waals surface area contributed by atoms with Gasteiger partial charge in [0.25, 0.3) is 0 Å². The first-order chi connectivity index (χ1) is 15.1. The van der Waals surface area contributed by atoms with Gasteiger partial charge in [-0.3, -0.25) is 4.68 Å². The Kier molecular flexibility index (Phi) is 9.11. The SMILES string of the molecule is CCNC(=NCc1ccnc(N2CCN(C)CC2)c1)N1CCOC(c2cnn(C)c2)C1.I. The van der Waals surface area contributed by atoms with Gasteiger partial charge in [-0.1, -0.05) is 0 Å². The van der Waals surface area contributed by atoms with E-state index in [1.54, 1.807) is 0 Å². The van der Waals surface area contributed by atoms with Crippen LogP contribution < -0.4 is 10.2 Å². The summed E-state index contributed by atoms with van der Waals surface area (Å²) >= 11 is 0. The average molecular weight is 554 g/mol. The van der Waals surface area contributed by atoms with E-state index in [0.717, 1.165) is 63.2 Å². The molecular formula is C22H35IN8O. The van der Waals surface area contributed by atoms with Gasteiger partial charge in [0.2, 0.25) is 0 Å². The number of hydrogen-bond donors (Lipinski definition) is 1. The first kappa shape index (κ1) is 24.7. The number of guanidine groups is 1. The Morgan fingerprint density at radius 2 is 2.03 bits per heavy atom. The van der Waals surface area contributed by atoms with Crippen molar-refractivity contribution in [3.05, 3.63) is 41.9 Å². The molecule has 0 spiro atoms. The summed E-state index contributed by atoms with van der Waals surface area (Å²) in [7, 11) is 4.10. The van der Waals surface area contributed by atoms with E-state index < -0.39 is 0 Å². The summed E-state index contributed by atoms with van der Waals surface area (Å²) < 4.78 is 7.81. The Bertz CT molecular complexity index is 880. The summed E-state index contributed by atoms with van der Waals surface area (Å²) in [4.78, 5) is 16.5. The number of likely N-dealkylation sites (N-methyl/N-ethyl adjacent to an activating group) is 1. The number of hydrogen-bond acceptors (Lipinski definition) is 6. The summed E-state index contributed by atoms with van der Waals surface area (Å²) in [5.74, 6) is 1.98. The molecule has 32 heavy (non-hydrogen) atoms. The first-order valence-corrected chi connectivity index (χ1v) is 11.1. The first-order valence-electron chi connectivity index (χ1n) is 11.1. The number of aryl methyl sites for hydroxylation is 1. The molecule has 2 aromatic rings. The molecule has 0 amide bonds. The second-order valence-electron chi connectivity index (χ2n) is 8.24. The van der Waals surface area contributed by atoms with Gasteiger partial charge in [-0.25, -0.2) is 9.98 Å². The quantitative estimate of drug-likeness (QED) is 0.343. The van der Waals surface area contributed by atoms with E-state index in [1.165, 1.54) is 5.56 Å². The number of halogens is 1. The van der Waals surface area contributed by atoms with Crippen molar-refractivity contribution in [1.29, 1.82) is 0 Å². The predicted octanol–water partition coefficient (Wildman–Crippen LogP) is 1.72. The third kappa shape index (κ3) is 6.32. The normalized spacial score (nSPS) is 20.2. The van der Waals surface area contributed by atoms with Gasteiger partial charge < -0.3 is 24.8 Å². The van der Waals surface area contributed by atoms with Crippen LogP contribution in [0.2, 0.25) is 0 Å². The Morgan fingerprint density at radius 1 is 1.22 bits per heavy atom. The average Bonchev–Trinajstić information content (AvgIpc) is 3.24. The molecule has 0 aliphatic carbocycles. The number of rotatable bonds is 5. The number of ether oxygens (including phenoxy) is 1. The van der Waals surface area contributed by atoms with Crippen LogP contribution in [0, 0.1) is 0 Å².